The van der Waals surface area contributed by atoms with E-state index in [-0.39, 0.29) is 5.91 Å². The molecular weight excluding hydrogens is 487 g/mol. The van der Waals surface area contributed by atoms with Crippen molar-refractivity contribution < 1.29 is 14.3 Å². The lowest BCUT2D eigenvalue weighted by Crippen LogP contribution is -2.41. The molecule has 1 saturated heterocycles. The first-order chi connectivity index (χ1) is 17.0. The Labute approximate surface area is 214 Å². The Hall–Kier alpha value is -2.87. The number of hydrogen-bond donors (Lipinski definition) is 0. The lowest BCUT2D eigenvalue weighted by Gasteiger charge is -2.34. The number of amides is 1. The van der Waals surface area contributed by atoms with Crippen molar-refractivity contribution >= 4 is 34.9 Å². The van der Waals surface area contributed by atoms with E-state index >= 15 is 0 Å². The molecule has 5 rings (SSSR count). The van der Waals surface area contributed by atoms with E-state index in [1.54, 1.807) is 25.3 Å². The molecule has 7 nitrogen and oxygen atoms in total. The number of nitrogens with zero attached hydrogens (tertiary/aromatic N) is 4. The number of anilines is 1. The van der Waals surface area contributed by atoms with Gasteiger partial charge in [-0.25, -0.2) is 9.97 Å². The summed E-state index contributed by atoms with van der Waals surface area (Å²) in [6, 6.07) is 12.9. The highest BCUT2D eigenvalue weighted by Gasteiger charge is 2.29. The summed E-state index contributed by atoms with van der Waals surface area (Å²) in [5.41, 5.74) is 3.55. The summed E-state index contributed by atoms with van der Waals surface area (Å²) >= 11 is 12.3. The van der Waals surface area contributed by atoms with Crippen molar-refractivity contribution in [3.63, 3.8) is 0 Å². The molecule has 1 fully saturated rings. The van der Waals surface area contributed by atoms with Crippen LogP contribution in [0.2, 0.25) is 10.0 Å². The highest BCUT2D eigenvalue weighted by atomic mass is 35.5. The Kier molecular flexibility index (Phi) is 7.09. The van der Waals surface area contributed by atoms with Crippen molar-refractivity contribution in [2.75, 3.05) is 44.9 Å². The summed E-state index contributed by atoms with van der Waals surface area (Å²) in [6.45, 7) is 3.79. The average Bonchev–Trinajstić information content (AvgIpc) is 2.87. The predicted molar refractivity (Wildman–Crippen MR) is 136 cm³/mol. The first-order valence-electron chi connectivity index (χ1n) is 11.6. The van der Waals surface area contributed by atoms with E-state index < -0.39 is 0 Å². The molecule has 2 aromatic carbocycles. The zero-order valence-corrected chi connectivity index (χ0v) is 21.0. The van der Waals surface area contributed by atoms with E-state index in [0.717, 1.165) is 47.3 Å². The van der Waals surface area contributed by atoms with Gasteiger partial charge in [0.25, 0.3) is 5.91 Å². The number of carbonyl (C=O) groups excluding carboxylic acids is 1. The van der Waals surface area contributed by atoms with Crippen LogP contribution in [-0.4, -0.2) is 60.7 Å². The average molecular weight is 513 g/mol. The van der Waals surface area contributed by atoms with Crippen LogP contribution in [0.15, 0.2) is 42.5 Å². The number of halogens is 2. The fraction of sp³-hybridized carbons (Fsp3) is 0.346. The number of morpholine rings is 1. The standard InChI is InChI=1S/C26H26Cl2N4O3/c1-34-21-4-2-3-17(11-21)12-24-29-23-5-6-32(26(33)18-13-19(27)15-20(28)14-18)16-22(23)25(30-24)31-7-9-35-10-8-31/h2-4,11,13-15H,5-10,12,16H2,1H3. The molecule has 0 unspecified atom stereocenters. The highest BCUT2D eigenvalue weighted by molar-refractivity contribution is 6.35. The van der Waals surface area contributed by atoms with Crippen LogP contribution in [0.25, 0.3) is 0 Å². The van der Waals surface area contributed by atoms with Crippen LogP contribution in [-0.2, 0) is 24.1 Å². The van der Waals surface area contributed by atoms with Crippen molar-refractivity contribution in [1.29, 1.82) is 0 Å². The molecule has 0 spiro atoms. The Morgan fingerprint density at radius 1 is 1.06 bits per heavy atom. The van der Waals surface area contributed by atoms with Gasteiger partial charge in [0.15, 0.2) is 0 Å². The third-order valence-electron chi connectivity index (χ3n) is 6.29. The molecule has 9 heteroatoms. The maximum Gasteiger partial charge on any atom is 0.254 e. The van der Waals surface area contributed by atoms with Gasteiger partial charge in [0.05, 0.1) is 32.6 Å². The van der Waals surface area contributed by atoms with E-state index in [9.17, 15) is 4.79 Å². The Balaban J connectivity index is 1.47. The van der Waals surface area contributed by atoms with Crippen molar-refractivity contribution in [2.45, 2.75) is 19.4 Å². The monoisotopic (exact) mass is 512 g/mol. The Morgan fingerprint density at radius 3 is 2.57 bits per heavy atom. The minimum atomic E-state index is -0.103. The van der Waals surface area contributed by atoms with E-state index in [4.69, 9.17) is 42.6 Å². The molecule has 0 saturated carbocycles. The lowest BCUT2D eigenvalue weighted by molar-refractivity contribution is 0.0733. The summed E-state index contributed by atoms with van der Waals surface area (Å²) in [5, 5.41) is 0.885. The molecular formula is C26H26Cl2N4O3. The number of fused-ring (bicyclic) bond motifs is 1. The highest BCUT2D eigenvalue weighted by Crippen LogP contribution is 2.30. The Bertz CT molecular complexity index is 1230. The van der Waals surface area contributed by atoms with Gasteiger partial charge < -0.3 is 19.3 Å². The fourth-order valence-electron chi connectivity index (χ4n) is 4.56. The lowest BCUT2D eigenvalue weighted by atomic mass is 10.0. The molecule has 1 aromatic heterocycles. The topological polar surface area (TPSA) is 67.8 Å². The maximum absolute atomic E-state index is 13.3. The zero-order valence-electron chi connectivity index (χ0n) is 19.5. The molecule has 3 aromatic rings. The molecule has 2 aliphatic rings. The van der Waals surface area contributed by atoms with E-state index in [2.05, 4.69) is 11.0 Å². The van der Waals surface area contributed by atoms with Gasteiger partial charge in [-0.05, 0) is 35.9 Å². The van der Waals surface area contributed by atoms with E-state index in [1.165, 1.54) is 0 Å². The summed E-state index contributed by atoms with van der Waals surface area (Å²) in [6.07, 6.45) is 1.26. The van der Waals surface area contributed by atoms with Gasteiger partial charge >= 0.3 is 0 Å². The summed E-state index contributed by atoms with van der Waals surface area (Å²) in [7, 11) is 1.66. The van der Waals surface area contributed by atoms with Crippen molar-refractivity contribution in [3.05, 3.63) is 80.7 Å². The van der Waals surface area contributed by atoms with Crippen molar-refractivity contribution in [2.24, 2.45) is 0 Å². The quantitative estimate of drug-likeness (QED) is 0.504. The van der Waals surface area contributed by atoms with Gasteiger partial charge in [-0.2, -0.15) is 0 Å². The van der Waals surface area contributed by atoms with Crippen LogP contribution >= 0.6 is 23.2 Å². The number of methoxy groups -OCH3 is 1. The van der Waals surface area contributed by atoms with Gasteiger partial charge in [-0.1, -0.05) is 35.3 Å². The second-order valence-corrected chi connectivity index (χ2v) is 9.52. The SMILES string of the molecule is COc1cccc(Cc2nc3c(c(N4CCOCC4)n2)CN(C(=O)c2cc(Cl)cc(Cl)c2)CC3)c1. The Morgan fingerprint density at radius 2 is 1.83 bits per heavy atom. The minimum absolute atomic E-state index is 0.103. The number of hydrogen-bond acceptors (Lipinski definition) is 6. The van der Waals surface area contributed by atoms with Gasteiger partial charge in [0, 0.05) is 53.6 Å². The number of aromatic nitrogens is 2. The van der Waals surface area contributed by atoms with Crippen LogP contribution in [0, 0.1) is 0 Å². The fourth-order valence-corrected chi connectivity index (χ4v) is 5.09. The molecule has 0 aliphatic carbocycles. The molecule has 2 aliphatic heterocycles. The molecule has 0 radical (unpaired) electrons. The van der Waals surface area contributed by atoms with Gasteiger partial charge in [-0.15, -0.1) is 0 Å². The molecule has 0 N–H and O–H groups in total. The van der Waals surface area contributed by atoms with Gasteiger partial charge in [-0.3, -0.25) is 4.79 Å². The number of rotatable bonds is 5. The van der Waals surface area contributed by atoms with Crippen LogP contribution < -0.4 is 9.64 Å². The third kappa shape index (κ3) is 5.37. The van der Waals surface area contributed by atoms with E-state index in [1.807, 2.05) is 23.1 Å². The first kappa shape index (κ1) is 23.9. The van der Waals surface area contributed by atoms with Gasteiger partial charge in [0.1, 0.15) is 17.4 Å². The first-order valence-corrected chi connectivity index (χ1v) is 12.4. The van der Waals surface area contributed by atoms with E-state index in [0.29, 0.717) is 54.8 Å². The summed E-state index contributed by atoms with van der Waals surface area (Å²) < 4.78 is 10.9. The maximum atomic E-state index is 13.3. The third-order valence-corrected chi connectivity index (χ3v) is 6.72. The normalized spacial score (nSPS) is 15.6. The molecule has 35 heavy (non-hydrogen) atoms. The smallest absolute Gasteiger partial charge is 0.254 e. The molecule has 0 bridgehead atoms. The van der Waals surface area contributed by atoms with Gasteiger partial charge in [0.2, 0.25) is 0 Å². The van der Waals surface area contributed by atoms with Crippen LogP contribution in [0.4, 0.5) is 5.82 Å². The predicted octanol–water partition coefficient (Wildman–Crippen LogP) is 4.42. The molecule has 1 amide bonds. The number of ether oxygens (including phenoxy) is 2. The number of benzene rings is 2. The molecule has 182 valence electrons. The second kappa shape index (κ2) is 10.4. The van der Waals surface area contributed by atoms with Crippen LogP contribution in [0.5, 0.6) is 5.75 Å². The van der Waals surface area contributed by atoms with Crippen LogP contribution in [0.1, 0.15) is 33.0 Å². The molecule has 0 atom stereocenters. The largest absolute Gasteiger partial charge is 0.497 e. The zero-order chi connectivity index (χ0) is 24.4. The molecule has 3 heterocycles. The van der Waals surface area contributed by atoms with Crippen LogP contribution in [0.3, 0.4) is 0 Å². The summed E-state index contributed by atoms with van der Waals surface area (Å²) in [4.78, 5) is 27.3. The second-order valence-electron chi connectivity index (χ2n) is 8.65. The minimum Gasteiger partial charge on any atom is -0.497 e. The van der Waals surface area contributed by atoms with Crippen molar-refractivity contribution in [1.82, 2.24) is 14.9 Å². The number of carbonyl (C=O) groups is 1. The van der Waals surface area contributed by atoms with Crippen molar-refractivity contribution in [3.8, 4) is 5.75 Å². The summed E-state index contributed by atoms with van der Waals surface area (Å²) in [5.74, 6) is 2.36.